The van der Waals surface area contributed by atoms with Crippen LogP contribution in [0.15, 0.2) is 18.5 Å². The van der Waals surface area contributed by atoms with Crippen molar-refractivity contribution in [2.45, 2.75) is 19.3 Å². The molecular formula is C14H15FN2O3. The normalized spacial score (nSPS) is 28.4. The number of aromatic nitrogens is 1. The number of carboxylic acids is 1. The van der Waals surface area contributed by atoms with Crippen molar-refractivity contribution in [1.82, 2.24) is 9.88 Å². The van der Waals surface area contributed by atoms with Gasteiger partial charge in [0.25, 0.3) is 5.91 Å². The molecule has 1 N–H and O–H groups in total. The van der Waals surface area contributed by atoms with E-state index in [1.807, 2.05) is 0 Å². The van der Waals surface area contributed by atoms with Crippen LogP contribution in [0.3, 0.4) is 0 Å². The highest BCUT2D eigenvalue weighted by atomic mass is 19.1. The lowest BCUT2D eigenvalue weighted by molar-refractivity contribution is -0.149. The third-order valence-corrected chi connectivity index (χ3v) is 4.59. The molecule has 2 aliphatic rings. The predicted octanol–water partition coefficient (Wildman–Crippen LogP) is 1.55. The highest BCUT2D eigenvalue weighted by molar-refractivity contribution is 5.95. The van der Waals surface area contributed by atoms with E-state index in [0.29, 0.717) is 13.0 Å². The molecule has 1 aliphatic carbocycles. The Morgan fingerprint density at radius 3 is 2.95 bits per heavy atom. The van der Waals surface area contributed by atoms with Gasteiger partial charge < -0.3 is 10.0 Å². The van der Waals surface area contributed by atoms with Crippen molar-refractivity contribution in [3.05, 3.63) is 29.8 Å². The first kappa shape index (κ1) is 13.0. The quantitative estimate of drug-likeness (QED) is 0.891. The van der Waals surface area contributed by atoms with Gasteiger partial charge in [-0.3, -0.25) is 14.6 Å². The maximum atomic E-state index is 13.6. The van der Waals surface area contributed by atoms with Gasteiger partial charge in [-0.2, -0.15) is 0 Å². The van der Waals surface area contributed by atoms with Crippen molar-refractivity contribution in [1.29, 1.82) is 0 Å². The predicted molar refractivity (Wildman–Crippen MR) is 67.5 cm³/mol. The molecule has 1 saturated carbocycles. The number of aliphatic carboxylic acids is 1. The molecule has 1 aromatic heterocycles. The van der Waals surface area contributed by atoms with Crippen molar-refractivity contribution in [2.75, 3.05) is 13.1 Å². The Balaban J connectivity index is 1.86. The Bertz CT molecular complexity index is 577. The van der Waals surface area contributed by atoms with Crippen LogP contribution < -0.4 is 0 Å². The molecule has 0 spiro atoms. The average molecular weight is 278 g/mol. The third-order valence-electron chi connectivity index (χ3n) is 4.59. The Morgan fingerprint density at radius 1 is 1.50 bits per heavy atom. The van der Waals surface area contributed by atoms with Crippen LogP contribution in [0.1, 0.15) is 29.6 Å². The molecule has 0 radical (unpaired) electrons. The number of fused-ring (bicyclic) bond motifs is 1. The smallest absolute Gasteiger partial charge is 0.311 e. The van der Waals surface area contributed by atoms with Crippen LogP contribution >= 0.6 is 0 Å². The molecule has 0 aromatic carbocycles. The maximum Gasteiger partial charge on any atom is 0.311 e. The number of carbonyl (C=O) groups is 2. The van der Waals surface area contributed by atoms with E-state index < -0.39 is 23.1 Å². The molecule has 2 fully saturated rings. The lowest BCUT2D eigenvalue weighted by Gasteiger charge is -2.23. The summed E-state index contributed by atoms with van der Waals surface area (Å²) in [5, 5.41) is 9.48. The van der Waals surface area contributed by atoms with Gasteiger partial charge in [0.15, 0.2) is 5.82 Å². The van der Waals surface area contributed by atoms with Crippen LogP contribution in [-0.2, 0) is 4.79 Å². The molecule has 1 saturated heterocycles. The highest BCUT2D eigenvalue weighted by Gasteiger charge is 2.55. The van der Waals surface area contributed by atoms with E-state index in [1.54, 1.807) is 0 Å². The molecule has 20 heavy (non-hydrogen) atoms. The Labute approximate surface area is 115 Å². The van der Waals surface area contributed by atoms with E-state index >= 15 is 0 Å². The summed E-state index contributed by atoms with van der Waals surface area (Å²) in [6.45, 7) is 0.570. The van der Waals surface area contributed by atoms with Gasteiger partial charge in [-0.15, -0.1) is 0 Å². The maximum absolute atomic E-state index is 13.6. The number of rotatable bonds is 2. The summed E-state index contributed by atoms with van der Waals surface area (Å²) in [5.41, 5.74) is -0.875. The number of pyridine rings is 1. The molecule has 6 heteroatoms. The van der Waals surface area contributed by atoms with E-state index in [9.17, 15) is 19.1 Å². The second kappa shape index (κ2) is 4.54. The monoisotopic (exact) mass is 278 g/mol. The number of carboxylic acid groups (broad SMARTS) is 1. The van der Waals surface area contributed by atoms with E-state index in [1.165, 1.54) is 17.2 Å². The minimum absolute atomic E-state index is 0.0196. The molecule has 1 amide bonds. The standard InChI is InChI=1S/C14H15FN2O3/c15-11-6-16-5-3-10(11)12(18)17-7-9-2-1-4-14(9,8-17)13(19)20/h3,5-6,9H,1-2,4,7-8H2,(H,19,20)/t9-,14+/m0/s1. The van der Waals surface area contributed by atoms with E-state index in [-0.39, 0.29) is 18.0 Å². The third kappa shape index (κ3) is 1.78. The van der Waals surface area contributed by atoms with Gasteiger partial charge >= 0.3 is 5.97 Å². The van der Waals surface area contributed by atoms with Crippen molar-refractivity contribution in [2.24, 2.45) is 11.3 Å². The van der Waals surface area contributed by atoms with Gasteiger partial charge in [0, 0.05) is 19.3 Å². The minimum Gasteiger partial charge on any atom is -0.481 e. The number of likely N-dealkylation sites (tertiary alicyclic amines) is 1. The zero-order valence-electron chi connectivity index (χ0n) is 10.9. The topological polar surface area (TPSA) is 70.5 Å². The number of hydrogen-bond donors (Lipinski definition) is 1. The fraction of sp³-hybridized carbons (Fsp3) is 0.500. The van der Waals surface area contributed by atoms with Crippen LogP contribution in [0.4, 0.5) is 4.39 Å². The molecule has 0 unspecified atom stereocenters. The first-order valence-electron chi connectivity index (χ1n) is 6.67. The van der Waals surface area contributed by atoms with E-state index in [0.717, 1.165) is 19.0 Å². The number of hydrogen-bond acceptors (Lipinski definition) is 3. The van der Waals surface area contributed by atoms with E-state index in [4.69, 9.17) is 0 Å². The molecule has 2 atom stereocenters. The van der Waals surface area contributed by atoms with Gasteiger partial charge in [0.05, 0.1) is 17.2 Å². The summed E-state index contributed by atoms with van der Waals surface area (Å²) in [4.78, 5) is 29.0. The van der Waals surface area contributed by atoms with Crippen LogP contribution in [0.2, 0.25) is 0 Å². The first-order chi connectivity index (χ1) is 9.54. The number of carbonyl (C=O) groups excluding carboxylic acids is 1. The molecule has 1 aromatic rings. The van der Waals surface area contributed by atoms with Gasteiger partial charge in [0.1, 0.15) is 0 Å². The van der Waals surface area contributed by atoms with Crippen molar-refractivity contribution >= 4 is 11.9 Å². The van der Waals surface area contributed by atoms with Crippen LogP contribution in [0, 0.1) is 17.2 Å². The highest BCUT2D eigenvalue weighted by Crippen LogP contribution is 2.49. The summed E-state index contributed by atoms with van der Waals surface area (Å²) in [7, 11) is 0. The molecule has 2 heterocycles. The molecule has 5 nitrogen and oxygen atoms in total. The minimum atomic E-state index is -0.842. The number of halogens is 1. The fourth-order valence-corrected chi connectivity index (χ4v) is 3.51. The lowest BCUT2D eigenvalue weighted by atomic mass is 9.81. The summed E-state index contributed by atoms with van der Waals surface area (Å²) in [5.74, 6) is -1.97. The Hall–Kier alpha value is -1.98. The van der Waals surface area contributed by atoms with Crippen LogP contribution in [0.5, 0.6) is 0 Å². The number of amides is 1. The molecule has 1 aliphatic heterocycles. The largest absolute Gasteiger partial charge is 0.481 e. The zero-order chi connectivity index (χ0) is 14.3. The van der Waals surface area contributed by atoms with Crippen LogP contribution in [0.25, 0.3) is 0 Å². The Morgan fingerprint density at radius 2 is 2.30 bits per heavy atom. The summed E-state index contributed by atoms with van der Waals surface area (Å²) < 4.78 is 13.6. The summed E-state index contributed by atoms with van der Waals surface area (Å²) in [6, 6.07) is 1.33. The van der Waals surface area contributed by atoms with Gasteiger partial charge in [-0.25, -0.2) is 4.39 Å². The number of nitrogens with zero attached hydrogens (tertiary/aromatic N) is 2. The molecule has 0 bridgehead atoms. The van der Waals surface area contributed by atoms with E-state index in [2.05, 4.69) is 4.98 Å². The lowest BCUT2D eigenvalue weighted by Crippen LogP contribution is -2.37. The van der Waals surface area contributed by atoms with Crippen molar-refractivity contribution in [3.63, 3.8) is 0 Å². The van der Waals surface area contributed by atoms with Gasteiger partial charge in [0.2, 0.25) is 0 Å². The first-order valence-corrected chi connectivity index (χ1v) is 6.67. The fourth-order valence-electron chi connectivity index (χ4n) is 3.51. The second-order valence-corrected chi connectivity index (χ2v) is 5.59. The summed E-state index contributed by atoms with van der Waals surface area (Å²) in [6.07, 6.45) is 4.64. The second-order valence-electron chi connectivity index (χ2n) is 5.59. The van der Waals surface area contributed by atoms with Crippen molar-refractivity contribution < 1.29 is 19.1 Å². The zero-order valence-corrected chi connectivity index (χ0v) is 10.9. The molecule has 106 valence electrons. The molecular weight excluding hydrogens is 263 g/mol. The summed E-state index contributed by atoms with van der Waals surface area (Å²) >= 11 is 0. The van der Waals surface area contributed by atoms with Crippen LogP contribution in [-0.4, -0.2) is 40.0 Å². The van der Waals surface area contributed by atoms with Crippen molar-refractivity contribution in [3.8, 4) is 0 Å². The van der Waals surface area contributed by atoms with Gasteiger partial charge in [-0.05, 0) is 24.8 Å². The Kier molecular flexibility index (Phi) is 2.96. The van der Waals surface area contributed by atoms with Gasteiger partial charge in [-0.1, -0.05) is 6.42 Å². The SMILES string of the molecule is O=C(c1ccncc1F)N1C[C@@H]2CCC[C@@]2(C(=O)O)C1. The average Bonchev–Trinajstić information content (AvgIpc) is 2.96. The molecule has 3 rings (SSSR count).